The van der Waals surface area contributed by atoms with Crippen LogP contribution in [0, 0.1) is 25.7 Å². The van der Waals surface area contributed by atoms with Gasteiger partial charge in [0.15, 0.2) is 11.9 Å². The summed E-state index contributed by atoms with van der Waals surface area (Å²) in [5.41, 5.74) is 4.39. The van der Waals surface area contributed by atoms with E-state index in [4.69, 9.17) is 14.3 Å². The molecule has 0 spiro atoms. The Morgan fingerprint density at radius 1 is 0.864 bits per heavy atom. The van der Waals surface area contributed by atoms with Crippen LogP contribution in [-0.4, -0.2) is 99.0 Å². The number of nitrogens with zero attached hydrogens (tertiary/aromatic N) is 5. The number of rotatable bonds is 13. The van der Waals surface area contributed by atoms with Crippen LogP contribution in [0.1, 0.15) is 73.7 Å². The van der Waals surface area contributed by atoms with Crippen molar-refractivity contribution in [3.05, 3.63) is 112 Å². The minimum Gasteiger partial charge on any atom is -0.488 e. The van der Waals surface area contributed by atoms with Crippen molar-refractivity contribution < 1.29 is 28.7 Å². The average Bonchev–Trinajstić information content (AvgIpc) is 3.65. The highest BCUT2D eigenvalue weighted by Crippen LogP contribution is 2.36. The Balaban J connectivity index is 1.02. The smallest absolute Gasteiger partial charge is 0.410 e. The molecule has 2 unspecified atom stereocenters. The maximum atomic E-state index is 14.4. The molecule has 59 heavy (non-hydrogen) atoms. The molecule has 7 rings (SSSR count). The fourth-order valence-electron chi connectivity index (χ4n) is 9.09. The molecule has 0 saturated carbocycles. The molecule has 1 N–H and O–H groups in total. The summed E-state index contributed by atoms with van der Waals surface area (Å²) < 4.78 is 13.9. The zero-order valence-corrected chi connectivity index (χ0v) is 34.4. The molecule has 2 amide bonds. The lowest BCUT2D eigenvalue weighted by Crippen LogP contribution is -2.50. The summed E-state index contributed by atoms with van der Waals surface area (Å²) in [6.45, 7) is 9.53. The molecular formula is C46H56N6O7. The molecule has 0 aliphatic carbocycles. The van der Waals surface area contributed by atoms with Gasteiger partial charge >= 0.3 is 11.8 Å². The molecule has 4 aromatic rings. The number of aromatic nitrogens is 3. The van der Waals surface area contributed by atoms with E-state index in [0.29, 0.717) is 69.9 Å². The van der Waals surface area contributed by atoms with Crippen LogP contribution in [0.15, 0.2) is 83.7 Å². The summed E-state index contributed by atoms with van der Waals surface area (Å²) in [6.07, 6.45) is 4.72. The zero-order valence-electron chi connectivity index (χ0n) is 34.4. The molecule has 1 aromatic heterocycles. The van der Waals surface area contributed by atoms with E-state index in [9.17, 15) is 19.2 Å². The van der Waals surface area contributed by atoms with Crippen LogP contribution in [0.3, 0.4) is 0 Å². The summed E-state index contributed by atoms with van der Waals surface area (Å²) in [5.74, 6) is 3.89. The lowest BCUT2D eigenvalue weighted by atomic mass is 9.77. The molecule has 312 valence electrons. The van der Waals surface area contributed by atoms with E-state index in [-0.39, 0.29) is 30.1 Å². The fraction of sp³-hybridized carbons (Fsp3) is 0.478. The van der Waals surface area contributed by atoms with Crippen LogP contribution in [0.5, 0.6) is 5.75 Å². The highest BCUT2D eigenvalue weighted by molar-refractivity contribution is 5.84. The van der Waals surface area contributed by atoms with Crippen LogP contribution >= 0.6 is 0 Å². The van der Waals surface area contributed by atoms with Gasteiger partial charge in [0.2, 0.25) is 0 Å². The van der Waals surface area contributed by atoms with Crippen LogP contribution < -0.4 is 10.4 Å². The zero-order chi connectivity index (χ0) is 41.3. The predicted octanol–water partition coefficient (Wildman–Crippen LogP) is 6.48. The lowest BCUT2D eigenvalue weighted by molar-refractivity contribution is -0.192. The van der Waals surface area contributed by atoms with E-state index in [0.717, 1.165) is 65.8 Å². The first-order valence-corrected chi connectivity index (χ1v) is 21.1. The third-order valence-corrected chi connectivity index (χ3v) is 12.2. The number of ether oxygens (including phenoxy) is 2. The van der Waals surface area contributed by atoms with Crippen LogP contribution in [-0.2, 0) is 32.2 Å². The second kappa shape index (κ2) is 19.5. The van der Waals surface area contributed by atoms with Crippen molar-refractivity contribution in [2.75, 3.05) is 39.3 Å². The van der Waals surface area contributed by atoms with Crippen molar-refractivity contribution in [2.45, 2.75) is 90.5 Å². The van der Waals surface area contributed by atoms with E-state index in [1.54, 1.807) is 11.0 Å². The van der Waals surface area contributed by atoms with Gasteiger partial charge in [0.1, 0.15) is 18.3 Å². The molecule has 3 saturated heterocycles. The highest BCUT2D eigenvalue weighted by atomic mass is 16.7. The number of carbonyl (C=O) groups is 2. The van der Waals surface area contributed by atoms with Gasteiger partial charge in [0, 0.05) is 50.8 Å². The summed E-state index contributed by atoms with van der Waals surface area (Å²) in [6, 6.07) is 23.3. The second-order valence-electron chi connectivity index (χ2n) is 16.1. The Morgan fingerprint density at radius 3 is 2.17 bits per heavy atom. The number of hydrogen-bond donors (Lipinski definition) is 1. The van der Waals surface area contributed by atoms with Gasteiger partial charge < -0.3 is 19.3 Å². The van der Waals surface area contributed by atoms with Gasteiger partial charge in [-0.15, -0.1) is 5.10 Å². The number of hydroxylamine groups is 2. The summed E-state index contributed by atoms with van der Waals surface area (Å²) in [4.78, 5) is 64.6. The lowest BCUT2D eigenvalue weighted by Gasteiger charge is -2.42. The molecule has 4 heterocycles. The fourth-order valence-corrected chi connectivity index (χ4v) is 9.09. The SMILES string of the molecule is CCON1CCC(C2CCN(C(=O)[C@@H](Cc3cc(C)c(OCc4ccccc4)c(C)c3)OC(=O)N3CCC(n4nc(-c5ccccc5)[nH]c4=O)CC3)CC2)CC1C=C=O. The number of aromatic amines is 1. The van der Waals surface area contributed by atoms with Gasteiger partial charge in [-0.3, -0.25) is 14.6 Å². The maximum absolute atomic E-state index is 14.4. The Kier molecular flexibility index (Phi) is 13.8. The van der Waals surface area contributed by atoms with Gasteiger partial charge in [-0.25, -0.2) is 19.1 Å². The predicted molar refractivity (Wildman–Crippen MR) is 223 cm³/mol. The van der Waals surface area contributed by atoms with Crippen molar-refractivity contribution in [1.82, 2.24) is 29.6 Å². The molecule has 0 radical (unpaired) electrons. The second-order valence-corrected chi connectivity index (χ2v) is 16.1. The first kappa shape index (κ1) is 41.7. The molecule has 13 heteroatoms. The normalized spacial score (nSPS) is 19.8. The first-order chi connectivity index (χ1) is 28.7. The molecule has 3 aliphatic rings. The third kappa shape index (κ3) is 10.2. The topological polar surface area (TPSA) is 139 Å². The first-order valence-electron chi connectivity index (χ1n) is 21.1. The maximum Gasteiger partial charge on any atom is 0.410 e. The molecular weight excluding hydrogens is 749 g/mol. The van der Waals surface area contributed by atoms with Crippen molar-refractivity contribution in [3.63, 3.8) is 0 Å². The number of hydrogen-bond acceptors (Lipinski definition) is 9. The minimum atomic E-state index is -1.02. The third-order valence-electron chi connectivity index (χ3n) is 12.2. The van der Waals surface area contributed by atoms with Crippen molar-refractivity contribution in [2.24, 2.45) is 11.8 Å². The van der Waals surface area contributed by atoms with E-state index in [1.165, 1.54) is 4.68 Å². The quantitative estimate of drug-likeness (QED) is 0.151. The van der Waals surface area contributed by atoms with Crippen molar-refractivity contribution in [3.8, 4) is 17.1 Å². The number of likely N-dealkylation sites (tertiary alicyclic amines) is 2. The number of nitrogens with one attached hydrogen (secondary N) is 1. The Bertz CT molecular complexity index is 2110. The van der Waals surface area contributed by atoms with Crippen LogP contribution in [0.25, 0.3) is 11.4 Å². The Hall–Kier alpha value is -5.49. The number of H-pyrrole nitrogens is 1. The van der Waals surface area contributed by atoms with Gasteiger partial charge in [-0.05, 0) is 93.4 Å². The number of benzene rings is 3. The number of piperidine rings is 3. The van der Waals surface area contributed by atoms with E-state index < -0.39 is 12.2 Å². The van der Waals surface area contributed by atoms with E-state index in [1.807, 2.05) is 109 Å². The number of amides is 2. The monoisotopic (exact) mass is 804 g/mol. The molecule has 3 aliphatic heterocycles. The molecule has 13 nitrogen and oxygen atoms in total. The van der Waals surface area contributed by atoms with E-state index in [2.05, 4.69) is 10.1 Å². The van der Waals surface area contributed by atoms with Gasteiger partial charge in [0.05, 0.1) is 18.7 Å². The Morgan fingerprint density at radius 2 is 1.51 bits per heavy atom. The van der Waals surface area contributed by atoms with E-state index >= 15 is 0 Å². The Labute approximate surface area is 345 Å². The molecule has 0 bridgehead atoms. The largest absolute Gasteiger partial charge is 0.488 e. The van der Waals surface area contributed by atoms with Crippen LogP contribution in [0.4, 0.5) is 4.79 Å². The van der Waals surface area contributed by atoms with Gasteiger partial charge in [0.25, 0.3) is 5.91 Å². The van der Waals surface area contributed by atoms with Gasteiger partial charge in [-0.1, -0.05) is 72.8 Å². The molecule has 3 aromatic carbocycles. The summed E-state index contributed by atoms with van der Waals surface area (Å²) in [7, 11) is 0. The average molecular weight is 805 g/mol. The summed E-state index contributed by atoms with van der Waals surface area (Å²) >= 11 is 0. The minimum absolute atomic E-state index is 0.103. The molecule has 3 atom stereocenters. The standard InChI is InChI=1S/C46H56N6O7/c1-4-58-51-25-17-38(30-40(51)20-26-53)36-15-21-49(22-16-36)44(54)41(29-35-27-32(2)42(33(3)28-35)57-31-34-11-7-5-8-12-34)59-46(56)50-23-18-39(19-24-50)52-45(55)47-43(48-52)37-13-9-6-10-14-37/h5-14,20,27-28,36,38-41H,4,15-19,21-25,29-31H2,1-3H3,(H,47,48,55)/t38?,40?,41-/m1/s1. The van der Waals surface area contributed by atoms with Gasteiger partial charge in [-0.2, -0.15) is 5.06 Å². The highest BCUT2D eigenvalue weighted by Gasteiger charge is 2.38. The van der Waals surface area contributed by atoms with Crippen LogP contribution in [0.2, 0.25) is 0 Å². The molecule has 3 fully saturated rings. The van der Waals surface area contributed by atoms with Crippen molar-refractivity contribution >= 4 is 17.9 Å². The van der Waals surface area contributed by atoms with Crippen molar-refractivity contribution in [1.29, 1.82) is 0 Å². The number of carbonyl (C=O) groups excluding carboxylic acids is 3. The number of aryl methyl sites for hydroxylation is 2. The summed E-state index contributed by atoms with van der Waals surface area (Å²) in [5, 5.41) is 6.47.